The number of fused-ring (bicyclic) bond motifs is 2. The van der Waals surface area contributed by atoms with E-state index in [1.54, 1.807) is 14.0 Å². The monoisotopic (exact) mass is 534 g/mol. The molecular weight excluding hydrogens is 504 g/mol. The zero-order valence-corrected chi connectivity index (χ0v) is 22.5. The third kappa shape index (κ3) is 4.44. The van der Waals surface area contributed by atoms with Crippen LogP contribution in [0.3, 0.4) is 0 Å². The normalized spacial score (nSPS) is 15.4. The van der Waals surface area contributed by atoms with Crippen LogP contribution in [0.15, 0.2) is 64.2 Å². The van der Waals surface area contributed by atoms with Crippen molar-refractivity contribution in [3.8, 4) is 23.2 Å². The Labute approximate surface area is 230 Å². The summed E-state index contributed by atoms with van der Waals surface area (Å²) in [5.74, 6) is 7.13. The van der Waals surface area contributed by atoms with Gasteiger partial charge in [-0.2, -0.15) is 4.98 Å². The third-order valence-electron chi connectivity index (χ3n) is 7.39. The van der Waals surface area contributed by atoms with Crippen LogP contribution in [0, 0.1) is 11.8 Å². The van der Waals surface area contributed by atoms with Crippen LogP contribution in [-0.4, -0.2) is 47.8 Å². The van der Waals surface area contributed by atoms with Crippen LogP contribution in [0.4, 0.5) is 5.95 Å². The molecule has 2 aromatic carbocycles. The maximum Gasteiger partial charge on any atom is 0.332 e. The fraction of sp³-hybridized carbons (Fsp3) is 0.300. The summed E-state index contributed by atoms with van der Waals surface area (Å²) in [6.07, 6.45) is 1.87. The van der Waals surface area contributed by atoms with Gasteiger partial charge >= 0.3 is 5.69 Å². The van der Waals surface area contributed by atoms with Crippen LogP contribution in [0.25, 0.3) is 33.5 Å². The lowest BCUT2D eigenvalue weighted by atomic mass is 10.1. The number of nitrogens with zero attached hydrogens (tertiary/aromatic N) is 7. The molecule has 1 aliphatic rings. The Bertz CT molecular complexity index is 1910. The van der Waals surface area contributed by atoms with Crippen LogP contribution in [0.5, 0.6) is 0 Å². The summed E-state index contributed by atoms with van der Waals surface area (Å²) in [7, 11) is 1.64. The Balaban J connectivity index is 1.55. The first kappa shape index (κ1) is 25.5. The van der Waals surface area contributed by atoms with Crippen molar-refractivity contribution in [1.82, 2.24) is 28.7 Å². The number of imidazole rings is 1. The second-order valence-corrected chi connectivity index (χ2v) is 10.1. The SMILES string of the molecule is CC#CCn1c(N2CCC[C@@H](N)C2)nc2c1c(=O)n(Cc1nc(-c3ccccc3)nc3ccccc13)c(=O)n2C. The molecule has 2 N–H and O–H groups in total. The summed E-state index contributed by atoms with van der Waals surface area (Å²) in [4.78, 5) is 44.2. The molecule has 10 nitrogen and oxygen atoms in total. The van der Waals surface area contributed by atoms with Gasteiger partial charge in [0.05, 0.1) is 24.3 Å². The van der Waals surface area contributed by atoms with Crippen molar-refractivity contribution in [3.05, 3.63) is 81.1 Å². The average molecular weight is 535 g/mol. The van der Waals surface area contributed by atoms with E-state index in [0.717, 1.165) is 35.9 Å². The predicted molar refractivity (Wildman–Crippen MR) is 156 cm³/mol. The number of piperidine rings is 1. The van der Waals surface area contributed by atoms with Gasteiger partial charge in [-0.25, -0.2) is 14.8 Å². The van der Waals surface area contributed by atoms with Crippen molar-refractivity contribution in [3.63, 3.8) is 0 Å². The Hall–Kier alpha value is -4.75. The van der Waals surface area contributed by atoms with E-state index >= 15 is 0 Å². The molecule has 1 aliphatic heterocycles. The van der Waals surface area contributed by atoms with Crippen molar-refractivity contribution >= 4 is 28.0 Å². The Morgan fingerprint density at radius 1 is 1.00 bits per heavy atom. The molecule has 1 saturated heterocycles. The topological polar surface area (TPSA) is 117 Å². The summed E-state index contributed by atoms with van der Waals surface area (Å²) < 4.78 is 4.48. The first-order valence-corrected chi connectivity index (χ1v) is 13.4. The van der Waals surface area contributed by atoms with E-state index in [4.69, 9.17) is 20.7 Å². The van der Waals surface area contributed by atoms with Crippen molar-refractivity contribution < 1.29 is 0 Å². The number of aromatic nitrogens is 6. The van der Waals surface area contributed by atoms with E-state index in [9.17, 15) is 9.59 Å². The molecule has 0 unspecified atom stereocenters. The molecular formula is C30H30N8O2. The summed E-state index contributed by atoms with van der Waals surface area (Å²) in [5, 5.41) is 0.782. The molecule has 4 heterocycles. The van der Waals surface area contributed by atoms with Gasteiger partial charge in [-0.15, -0.1) is 5.92 Å². The highest BCUT2D eigenvalue weighted by Gasteiger charge is 2.26. The van der Waals surface area contributed by atoms with Crippen molar-refractivity contribution in [2.45, 2.75) is 38.9 Å². The van der Waals surface area contributed by atoms with Crippen molar-refractivity contribution in [1.29, 1.82) is 0 Å². The van der Waals surface area contributed by atoms with Gasteiger partial charge in [-0.1, -0.05) is 54.5 Å². The minimum atomic E-state index is -0.463. The fourth-order valence-corrected chi connectivity index (χ4v) is 5.37. The van der Waals surface area contributed by atoms with Crippen LogP contribution >= 0.6 is 0 Å². The molecule has 40 heavy (non-hydrogen) atoms. The third-order valence-corrected chi connectivity index (χ3v) is 7.39. The predicted octanol–water partition coefficient (Wildman–Crippen LogP) is 2.51. The molecule has 6 rings (SSSR count). The van der Waals surface area contributed by atoms with Gasteiger partial charge in [-0.3, -0.25) is 18.5 Å². The highest BCUT2D eigenvalue weighted by Crippen LogP contribution is 2.24. The summed E-state index contributed by atoms with van der Waals surface area (Å²) in [6, 6.07) is 17.3. The van der Waals surface area contributed by atoms with Crippen LogP contribution in [-0.2, 0) is 20.1 Å². The lowest BCUT2D eigenvalue weighted by Crippen LogP contribution is -2.44. The van der Waals surface area contributed by atoms with Crippen LogP contribution in [0.2, 0.25) is 0 Å². The van der Waals surface area contributed by atoms with Gasteiger partial charge in [-0.05, 0) is 25.8 Å². The van der Waals surface area contributed by atoms with Gasteiger partial charge in [0.1, 0.15) is 0 Å². The zero-order valence-electron chi connectivity index (χ0n) is 22.5. The van der Waals surface area contributed by atoms with E-state index in [1.807, 2.05) is 59.2 Å². The van der Waals surface area contributed by atoms with Crippen LogP contribution in [0.1, 0.15) is 25.5 Å². The highest BCUT2D eigenvalue weighted by atomic mass is 16.2. The molecule has 1 atom stereocenters. The maximum absolute atomic E-state index is 14.1. The lowest BCUT2D eigenvalue weighted by Gasteiger charge is -2.31. The van der Waals surface area contributed by atoms with E-state index in [2.05, 4.69) is 16.7 Å². The van der Waals surface area contributed by atoms with Gasteiger partial charge < -0.3 is 10.6 Å². The molecule has 10 heteroatoms. The number of anilines is 1. The minimum absolute atomic E-state index is 0.0150. The van der Waals surface area contributed by atoms with Crippen molar-refractivity contribution in [2.24, 2.45) is 12.8 Å². The second kappa shape index (κ2) is 10.4. The smallest absolute Gasteiger partial charge is 0.332 e. The van der Waals surface area contributed by atoms with E-state index in [-0.39, 0.29) is 19.1 Å². The van der Waals surface area contributed by atoms with Gasteiger partial charge in [0, 0.05) is 37.1 Å². The van der Waals surface area contributed by atoms with Gasteiger partial charge in [0.15, 0.2) is 17.0 Å². The molecule has 0 spiro atoms. The Morgan fingerprint density at radius 2 is 1.77 bits per heavy atom. The standard InChI is InChI=1S/C30H30N8O2/c1-3-4-17-37-25-27(34-29(37)36-16-10-13-21(31)18-36)35(2)30(40)38(28(25)39)19-24-22-14-8-9-15-23(22)32-26(33-24)20-11-6-5-7-12-20/h5-9,11-12,14-15,21H,10,13,16-19,31H2,1-2H3/t21-/m1/s1. The highest BCUT2D eigenvalue weighted by molar-refractivity contribution is 5.83. The lowest BCUT2D eigenvalue weighted by molar-refractivity contribution is 0.496. The minimum Gasteiger partial charge on any atom is -0.341 e. The number of para-hydroxylation sites is 1. The number of hydrogen-bond donors (Lipinski definition) is 1. The van der Waals surface area contributed by atoms with Crippen LogP contribution < -0.4 is 21.9 Å². The quantitative estimate of drug-likeness (QED) is 0.344. The first-order chi connectivity index (χ1) is 19.5. The molecule has 3 aromatic heterocycles. The van der Waals surface area contributed by atoms with E-state index < -0.39 is 11.2 Å². The summed E-state index contributed by atoms with van der Waals surface area (Å²) in [6.45, 7) is 3.41. The summed E-state index contributed by atoms with van der Waals surface area (Å²) >= 11 is 0. The Morgan fingerprint density at radius 3 is 2.55 bits per heavy atom. The number of hydrogen-bond acceptors (Lipinski definition) is 7. The summed E-state index contributed by atoms with van der Waals surface area (Å²) in [5.41, 5.74) is 8.21. The molecule has 0 radical (unpaired) electrons. The first-order valence-electron chi connectivity index (χ1n) is 13.4. The largest absolute Gasteiger partial charge is 0.341 e. The van der Waals surface area contributed by atoms with Crippen molar-refractivity contribution in [2.75, 3.05) is 18.0 Å². The Kier molecular flexibility index (Phi) is 6.66. The average Bonchev–Trinajstić information content (AvgIpc) is 3.37. The van der Waals surface area contributed by atoms with Gasteiger partial charge in [0.2, 0.25) is 5.95 Å². The zero-order chi connectivity index (χ0) is 27.8. The number of aryl methyl sites for hydroxylation is 1. The molecule has 5 aromatic rings. The number of rotatable bonds is 5. The molecule has 0 saturated carbocycles. The van der Waals surface area contributed by atoms with E-state index in [0.29, 0.717) is 35.2 Å². The molecule has 0 amide bonds. The molecule has 1 fully saturated rings. The van der Waals surface area contributed by atoms with Gasteiger partial charge in [0.25, 0.3) is 5.56 Å². The van der Waals surface area contributed by atoms with E-state index in [1.165, 1.54) is 9.13 Å². The number of benzene rings is 2. The molecule has 0 bridgehead atoms. The molecule has 202 valence electrons. The maximum atomic E-state index is 14.1. The number of nitrogens with two attached hydrogens (primary N) is 1. The fourth-order valence-electron chi connectivity index (χ4n) is 5.37. The second-order valence-electron chi connectivity index (χ2n) is 10.1. The molecule has 0 aliphatic carbocycles.